The van der Waals surface area contributed by atoms with Crippen molar-refractivity contribution in [3.63, 3.8) is 0 Å². The van der Waals surface area contributed by atoms with Gasteiger partial charge in [0, 0.05) is 17.0 Å². The molecule has 0 radical (unpaired) electrons. The molecule has 1 aromatic heterocycles. The Morgan fingerprint density at radius 1 is 1.10 bits per heavy atom. The summed E-state index contributed by atoms with van der Waals surface area (Å²) >= 11 is 12.8. The molecule has 1 heterocycles. The molecule has 3 aliphatic carbocycles. The molecule has 0 amide bonds. The highest BCUT2D eigenvalue weighted by Gasteiger charge is 2.48. The molecular weight excluding hydrogens is 449 g/mol. The minimum Gasteiger partial charge on any atom is -0.373 e. The largest absolute Gasteiger partial charge is 0.373 e. The summed E-state index contributed by atoms with van der Waals surface area (Å²) in [4.78, 5) is 0. The highest BCUT2D eigenvalue weighted by atomic mass is 35.5. The number of nitrogens with zero attached hydrogens (tertiary/aromatic N) is 1. The molecule has 3 aliphatic rings. The van der Waals surface area contributed by atoms with Crippen molar-refractivity contribution in [3.8, 4) is 11.3 Å². The summed E-state index contributed by atoms with van der Waals surface area (Å²) in [6.45, 7) is 0.373. The maximum atomic E-state index is 11.5. The number of rotatable bonds is 7. The third kappa shape index (κ3) is 4.02. The summed E-state index contributed by atoms with van der Waals surface area (Å²) in [6, 6.07) is 5.38. The Morgan fingerprint density at radius 3 is 2.37 bits per heavy atom. The summed E-state index contributed by atoms with van der Waals surface area (Å²) in [6.07, 6.45) is 5.58. The highest BCUT2D eigenvalue weighted by Crippen LogP contribution is 2.49. The molecule has 0 N–H and O–H groups in total. The van der Waals surface area contributed by atoms with Crippen LogP contribution in [0.1, 0.15) is 49.3 Å². The zero-order valence-electron chi connectivity index (χ0n) is 16.5. The zero-order valence-corrected chi connectivity index (χ0v) is 18.8. The molecule has 0 aliphatic heterocycles. The smallest absolute Gasteiger partial charge is 0.264 e. The van der Waals surface area contributed by atoms with Crippen molar-refractivity contribution in [3.05, 3.63) is 39.6 Å². The first-order chi connectivity index (χ1) is 14.3. The van der Waals surface area contributed by atoms with Gasteiger partial charge < -0.3 is 9.26 Å². The topological polar surface area (TPSA) is 78.6 Å². The van der Waals surface area contributed by atoms with Crippen LogP contribution in [0, 0.1) is 11.8 Å². The van der Waals surface area contributed by atoms with Crippen molar-refractivity contribution in [2.45, 2.75) is 56.8 Å². The zero-order chi connectivity index (χ0) is 21.0. The van der Waals surface area contributed by atoms with Crippen molar-refractivity contribution >= 4 is 33.3 Å². The van der Waals surface area contributed by atoms with Crippen LogP contribution < -0.4 is 0 Å². The Balaban J connectivity index is 1.34. The second kappa shape index (κ2) is 7.78. The van der Waals surface area contributed by atoms with Gasteiger partial charge in [0.15, 0.2) is 0 Å². The molecule has 2 bridgehead atoms. The number of benzene rings is 1. The number of hydrogen-bond donors (Lipinski definition) is 0. The second-order valence-corrected chi connectivity index (χ2v) is 11.1. The van der Waals surface area contributed by atoms with Gasteiger partial charge in [-0.3, -0.25) is 4.18 Å². The van der Waals surface area contributed by atoms with Crippen LogP contribution in [-0.2, 0) is 25.6 Å². The molecule has 0 unspecified atom stereocenters. The van der Waals surface area contributed by atoms with E-state index in [1.165, 1.54) is 0 Å². The average molecular weight is 472 g/mol. The molecule has 6 nitrogen and oxygen atoms in total. The van der Waals surface area contributed by atoms with Gasteiger partial charge in [-0.2, -0.15) is 8.42 Å². The molecule has 1 aromatic carbocycles. The van der Waals surface area contributed by atoms with E-state index >= 15 is 0 Å². The second-order valence-electron chi connectivity index (χ2n) is 8.66. The SMILES string of the molecule is CS(=O)(=O)O[C@@H]1C[C@@H]2C[C@H]1C[C@@H]2OCc1c(-c2c(Cl)cccc2Cl)noc1C1CC1. The quantitative estimate of drug-likeness (QED) is 0.517. The first kappa shape index (κ1) is 20.8. The molecule has 0 spiro atoms. The van der Waals surface area contributed by atoms with Crippen molar-refractivity contribution in [1.29, 1.82) is 0 Å². The van der Waals surface area contributed by atoms with Crippen LogP contribution in [0.15, 0.2) is 22.7 Å². The third-order valence-corrected chi connectivity index (χ3v) is 7.66. The van der Waals surface area contributed by atoms with E-state index in [4.69, 9.17) is 36.6 Å². The van der Waals surface area contributed by atoms with Crippen LogP contribution in [-0.4, -0.2) is 32.0 Å². The van der Waals surface area contributed by atoms with E-state index in [9.17, 15) is 8.42 Å². The summed E-state index contributed by atoms with van der Waals surface area (Å²) in [5.41, 5.74) is 2.23. The monoisotopic (exact) mass is 471 g/mol. The Kier molecular flexibility index (Phi) is 5.39. The van der Waals surface area contributed by atoms with Crippen LogP contribution in [0.3, 0.4) is 0 Å². The molecular formula is C21H23Cl2NO5S. The average Bonchev–Trinajstić information content (AvgIpc) is 3.14. The van der Waals surface area contributed by atoms with Crippen LogP contribution in [0.2, 0.25) is 10.0 Å². The Labute approximate surface area is 185 Å². The Bertz CT molecular complexity index is 1050. The van der Waals surface area contributed by atoms with Gasteiger partial charge in [-0.05, 0) is 56.1 Å². The lowest BCUT2D eigenvalue weighted by atomic mass is 9.95. The molecule has 9 heteroatoms. The molecule has 5 rings (SSSR count). The van der Waals surface area contributed by atoms with Crippen LogP contribution in [0.4, 0.5) is 0 Å². The number of aromatic nitrogens is 1. The predicted molar refractivity (Wildman–Crippen MR) is 113 cm³/mol. The van der Waals surface area contributed by atoms with E-state index in [0.29, 0.717) is 46.2 Å². The minimum atomic E-state index is -3.43. The van der Waals surface area contributed by atoms with Crippen molar-refractivity contribution < 1.29 is 21.9 Å². The highest BCUT2D eigenvalue weighted by molar-refractivity contribution is 7.86. The fourth-order valence-electron chi connectivity index (χ4n) is 4.96. The van der Waals surface area contributed by atoms with Gasteiger partial charge in [0.2, 0.25) is 0 Å². The fourth-order valence-corrected chi connectivity index (χ4v) is 6.22. The molecule has 2 aromatic rings. The van der Waals surface area contributed by atoms with Gasteiger partial charge in [-0.1, -0.05) is 34.4 Å². The molecule has 3 saturated carbocycles. The van der Waals surface area contributed by atoms with Gasteiger partial charge in [-0.15, -0.1) is 0 Å². The third-order valence-electron chi connectivity index (χ3n) is 6.43. The van der Waals surface area contributed by atoms with E-state index in [0.717, 1.165) is 43.3 Å². The van der Waals surface area contributed by atoms with Crippen molar-refractivity contribution in [2.24, 2.45) is 11.8 Å². The number of halogens is 2. The van der Waals surface area contributed by atoms with Crippen molar-refractivity contribution in [1.82, 2.24) is 5.16 Å². The van der Waals surface area contributed by atoms with Gasteiger partial charge in [-0.25, -0.2) is 0 Å². The van der Waals surface area contributed by atoms with Crippen molar-refractivity contribution in [2.75, 3.05) is 6.26 Å². The molecule has 3 fully saturated rings. The lowest BCUT2D eigenvalue weighted by Gasteiger charge is -2.27. The van der Waals surface area contributed by atoms with E-state index in [-0.39, 0.29) is 18.1 Å². The van der Waals surface area contributed by atoms with E-state index < -0.39 is 10.1 Å². The molecule has 162 valence electrons. The lowest BCUT2D eigenvalue weighted by Crippen LogP contribution is -2.30. The minimum absolute atomic E-state index is 0.0749. The maximum absolute atomic E-state index is 11.5. The number of ether oxygens (including phenoxy) is 1. The van der Waals surface area contributed by atoms with Gasteiger partial charge in [0.1, 0.15) is 11.5 Å². The van der Waals surface area contributed by atoms with Gasteiger partial charge >= 0.3 is 0 Å². The predicted octanol–water partition coefficient (Wildman–Crippen LogP) is 5.19. The molecule has 30 heavy (non-hydrogen) atoms. The van der Waals surface area contributed by atoms with Gasteiger partial charge in [0.25, 0.3) is 10.1 Å². The van der Waals surface area contributed by atoms with E-state index in [1.807, 2.05) is 0 Å². The standard InChI is InChI=1S/C21H23Cl2NO5S/c1-30(25,26)29-18-9-12-7-13(18)8-17(12)27-10-14-20(24-28-21(14)11-5-6-11)19-15(22)3-2-4-16(19)23/h2-4,11-13,17-18H,5-10H2,1H3/t12-,13-,17-,18+/m0/s1. The van der Waals surface area contributed by atoms with E-state index in [2.05, 4.69) is 5.16 Å². The number of fused-ring (bicyclic) bond motifs is 2. The lowest BCUT2D eigenvalue weighted by molar-refractivity contribution is -0.0144. The number of hydrogen-bond acceptors (Lipinski definition) is 6. The Morgan fingerprint density at radius 2 is 1.77 bits per heavy atom. The first-order valence-corrected chi connectivity index (χ1v) is 12.8. The van der Waals surface area contributed by atoms with Crippen LogP contribution >= 0.6 is 23.2 Å². The first-order valence-electron chi connectivity index (χ1n) is 10.2. The van der Waals surface area contributed by atoms with Crippen LogP contribution in [0.25, 0.3) is 11.3 Å². The molecule has 0 saturated heterocycles. The summed E-state index contributed by atoms with van der Waals surface area (Å²) in [5, 5.41) is 5.36. The maximum Gasteiger partial charge on any atom is 0.264 e. The van der Waals surface area contributed by atoms with Gasteiger partial charge in [0.05, 0.1) is 35.1 Å². The summed E-state index contributed by atoms with van der Waals surface area (Å²) in [5.74, 6) is 1.76. The normalized spacial score (nSPS) is 28.4. The summed E-state index contributed by atoms with van der Waals surface area (Å²) < 4.78 is 40.2. The van der Waals surface area contributed by atoms with Crippen LogP contribution in [0.5, 0.6) is 0 Å². The van der Waals surface area contributed by atoms with E-state index in [1.54, 1.807) is 18.2 Å². The Hall–Kier alpha value is -1.12. The molecule has 4 atom stereocenters. The fraction of sp³-hybridized carbons (Fsp3) is 0.571. The summed E-state index contributed by atoms with van der Waals surface area (Å²) in [7, 11) is -3.43.